The van der Waals surface area contributed by atoms with Gasteiger partial charge in [-0.2, -0.15) is 0 Å². The zero-order valence-corrected chi connectivity index (χ0v) is 23.6. The molecule has 1 saturated heterocycles. The van der Waals surface area contributed by atoms with Crippen LogP contribution in [-0.2, 0) is 14.9 Å². The number of esters is 1. The maximum absolute atomic E-state index is 13.4. The van der Waals surface area contributed by atoms with E-state index in [0.717, 1.165) is 48.7 Å². The van der Waals surface area contributed by atoms with E-state index in [2.05, 4.69) is 44.3 Å². The molecule has 5 aliphatic carbocycles. The van der Waals surface area contributed by atoms with Crippen molar-refractivity contribution < 1.29 is 14.3 Å². The van der Waals surface area contributed by atoms with Crippen molar-refractivity contribution >= 4 is 27.9 Å². The molecule has 1 aromatic rings. The molecule has 6 aliphatic rings. The van der Waals surface area contributed by atoms with Crippen LogP contribution in [0.5, 0.6) is 0 Å². The minimum absolute atomic E-state index is 0.0107. The Bertz CT molecular complexity index is 1020. The molecule has 36 heavy (non-hydrogen) atoms. The molecule has 196 valence electrons. The van der Waals surface area contributed by atoms with Crippen molar-refractivity contribution in [3.63, 3.8) is 0 Å². The summed E-state index contributed by atoms with van der Waals surface area (Å²) in [5.41, 5.74) is 2.02. The number of hydrogen-bond acceptors (Lipinski definition) is 3. The van der Waals surface area contributed by atoms with E-state index >= 15 is 0 Å². The van der Waals surface area contributed by atoms with E-state index in [-0.39, 0.29) is 23.3 Å². The van der Waals surface area contributed by atoms with E-state index in [1.165, 1.54) is 43.2 Å². The van der Waals surface area contributed by atoms with Gasteiger partial charge in [0.15, 0.2) is 0 Å². The van der Waals surface area contributed by atoms with E-state index in [1.807, 2.05) is 20.8 Å². The lowest BCUT2D eigenvalue weighted by atomic mass is 9.54. The number of fused-ring (bicyclic) bond motifs is 2. The van der Waals surface area contributed by atoms with E-state index in [1.54, 1.807) is 0 Å². The zero-order valence-electron chi connectivity index (χ0n) is 22.0. The van der Waals surface area contributed by atoms with Gasteiger partial charge in [0.25, 0.3) is 0 Å². The molecular formula is C30H41BrN2O3. The summed E-state index contributed by atoms with van der Waals surface area (Å²) >= 11 is 3.86. The van der Waals surface area contributed by atoms with Crippen molar-refractivity contribution in [1.29, 1.82) is 0 Å². The number of carbonyl (C=O) groups excluding carboxylic acids is 2. The summed E-state index contributed by atoms with van der Waals surface area (Å²) in [4.78, 5) is 28.5. The molecular weight excluding hydrogens is 516 g/mol. The average molecular weight is 558 g/mol. The molecule has 1 atom stereocenters. The largest absolute Gasteiger partial charge is 0.466 e. The van der Waals surface area contributed by atoms with Crippen LogP contribution < -0.4 is 5.32 Å². The van der Waals surface area contributed by atoms with Crippen molar-refractivity contribution in [3.05, 3.63) is 33.8 Å². The number of ether oxygens (including phenoxy) is 1. The number of urea groups is 1. The van der Waals surface area contributed by atoms with Crippen molar-refractivity contribution in [3.8, 4) is 0 Å². The van der Waals surface area contributed by atoms with Gasteiger partial charge in [-0.3, -0.25) is 4.79 Å². The topological polar surface area (TPSA) is 58.6 Å². The molecule has 1 unspecified atom stereocenters. The molecule has 1 heterocycles. The summed E-state index contributed by atoms with van der Waals surface area (Å²) in [5.74, 6) is 3.23. The molecule has 4 bridgehead atoms. The predicted molar refractivity (Wildman–Crippen MR) is 144 cm³/mol. The summed E-state index contributed by atoms with van der Waals surface area (Å²) in [5, 5.41) is 3.52. The number of hydrogen-bond donors (Lipinski definition) is 1. The molecule has 6 heteroatoms. The van der Waals surface area contributed by atoms with Gasteiger partial charge >= 0.3 is 12.0 Å². The lowest BCUT2D eigenvalue weighted by Crippen LogP contribution is -2.59. The molecule has 0 radical (unpaired) electrons. The highest BCUT2D eigenvalue weighted by Gasteiger charge is 2.54. The van der Waals surface area contributed by atoms with E-state index in [4.69, 9.17) is 4.74 Å². The Morgan fingerprint density at radius 3 is 2.33 bits per heavy atom. The molecule has 2 amide bonds. The Balaban J connectivity index is 1.17. The number of piperidine rings is 1. The molecule has 4 saturated carbocycles. The van der Waals surface area contributed by atoms with Gasteiger partial charge in [0.05, 0.1) is 12.0 Å². The minimum atomic E-state index is -0.594. The number of likely N-dealkylation sites (tertiary alicyclic amines) is 1. The molecule has 5 fully saturated rings. The third-order valence-electron chi connectivity index (χ3n) is 10.7. The number of carbonyl (C=O) groups is 2. The number of rotatable bonds is 4. The molecule has 1 N–H and O–H groups in total. The molecule has 1 aromatic carbocycles. The van der Waals surface area contributed by atoms with Crippen LogP contribution in [0.3, 0.4) is 0 Å². The Kier molecular flexibility index (Phi) is 6.21. The number of nitrogens with zero attached hydrogens (tertiary/aromatic N) is 1. The highest BCUT2D eigenvalue weighted by molar-refractivity contribution is 9.10. The molecule has 1 spiro atoms. The van der Waals surface area contributed by atoms with Gasteiger partial charge in [-0.25, -0.2) is 4.79 Å². The summed E-state index contributed by atoms with van der Waals surface area (Å²) in [7, 11) is 0. The van der Waals surface area contributed by atoms with Gasteiger partial charge in [-0.05, 0) is 113 Å². The normalized spacial score (nSPS) is 34.1. The quantitative estimate of drug-likeness (QED) is 0.437. The van der Waals surface area contributed by atoms with Crippen LogP contribution in [0.2, 0.25) is 0 Å². The Labute approximate surface area is 224 Å². The van der Waals surface area contributed by atoms with Gasteiger partial charge in [-0.1, -0.05) is 28.1 Å². The molecule has 0 aromatic heterocycles. The summed E-state index contributed by atoms with van der Waals surface area (Å²) in [6.07, 6.45) is 9.54. The average Bonchev–Trinajstić information content (AvgIpc) is 3.17. The van der Waals surface area contributed by atoms with E-state index in [0.29, 0.717) is 24.5 Å². The molecule has 5 nitrogen and oxygen atoms in total. The number of halogens is 1. The first-order valence-electron chi connectivity index (χ1n) is 14.2. The lowest BCUT2D eigenvalue weighted by Gasteiger charge is -2.54. The van der Waals surface area contributed by atoms with Crippen LogP contribution in [0.25, 0.3) is 0 Å². The third kappa shape index (κ3) is 3.92. The minimum Gasteiger partial charge on any atom is -0.466 e. The van der Waals surface area contributed by atoms with Gasteiger partial charge < -0.3 is 15.0 Å². The Morgan fingerprint density at radius 2 is 1.72 bits per heavy atom. The highest BCUT2D eigenvalue weighted by Crippen LogP contribution is 2.59. The Hall–Kier alpha value is -1.56. The van der Waals surface area contributed by atoms with Crippen LogP contribution in [0.1, 0.15) is 89.2 Å². The van der Waals surface area contributed by atoms with Gasteiger partial charge in [0.1, 0.15) is 0 Å². The smallest absolute Gasteiger partial charge is 0.317 e. The van der Waals surface area contributed by atoms with Crippen molar-refractivity contribution in [1.82, 2.24) is 10.2 Å². The molecule has 1 aliphatic heterocycles. The second kappa shape index (κ2) is 9.03. The summed E-state index contributed by atoms with van der Waals surface area (Å²) < 4.78 is 6.62. The van der Waals surface area contributed by atoms with Gasteiger partial charge in [-0.15, -0.1) is 0 Å². The van der Waals surface area contributed by atoms with Gasteiger partial charge in [0.2, 0.25) is 0 Å². The fourth-order valence-corrected chi connectivity index (χ4v) is 9.89. The first kappa shape index (κ1) is 24.8. The summed E-state index contributed by atoms with van der Waals surface area (Å²) in [6, 6.07) is 6.95. The van der Waals surface area contributed by atoms with Crippen LogP contribution in [0, 0.1) is 29.1 Å². The maximum atomic E-state index is 13.4. The first-order valence-corrected chi connectivity index (χ1v) is 15.0. The second-order valence-corrected chi connectivity index (χ2v) is 13.9. The second-order valence-electron chi connectivity index (χ2n) is 13.1. The first-order chi connectivity index (χ1) is 17.2. The Morgan fingerprint density at radius 1 is 1.08 bits per heavy atom. The van der Waals surface area contributed by atoms with Gasteiger partial charge in [0, 0.05) is 34.9 Å². The van der Waals surface area contributed by atoms with Crippen LogP contribution in [-0.4, -0.2) is 42.6 Å². The zero-order chi connectivity index (χ0) is 25.2. The number of amides is 2. The van der Waals surface area contributed by atoms with Crippen LogP contribution in [0.15, 0.2) is 22.7 Å². The lowest BCUT2D eigenvalue weighted by molar-refractivity contribution is -0.155. The van der Waals surface area contributed by atoms with E-state index < -0.39 is 5.41 Å². The maximum Gasteiger partial charge on any atom is 0.317 e. The monoisotopic (exact) mass is 556 g/mol. The third-order valence-corrected chi connectivity index (χ3v) is 11.4. The van der Waals surface area contributed by atoms with Crippen molar-refractivity contribution in [2.24, 2.45) is 29.1 Å². The van der Waals surface area contributed by atoms with Crippen molar-refractivity contribution in [2.75, 3.05) is 19.7 Å². The van der Waals surface area contributed by atoms with Crippen LogP contribution in [0.4, 0.5) is 4.79 Å². The predicted octanol–water partition coefficient (Wildman–Crippen LogP) is 6.39. The fourth-order valence-electron chi connectivity index (χ4n) is 9.08. The SMILES string of the molecule is CCOC(=O)C(C)(C)C1CC2(CCN(C(=O)NC3C4CC5CC(C4)CC3C5)CC2)c2c(Br)cccc21. The van der Waals surface area contributed by atoms with E-state index in [9.17, 15) is 9.59 Å². The summed E-state index contributed by atoms with van der Waals surface area (Å²) in [6.45, 7) is 7.89. The highest BCUT2D eigenvalue weighted by atomic mass is 79.9. The fraction of sp³-hybridized carbons (Fsp3) is 0.733. The number of nitrogens with one attached hydrogen (secondary N) is 1. The van der Waals surface area contributed by atoms with Crippen molar-refractivity contribution in [2.45, 2.75) is 89.5 Å². The number of benzene rings is 1. The van der Waals surface area contributed by atoms with Crippen LogP contribution >= 0.6 is 15.9 Å². The molecule has 7 rings (SSSR count). The standard InChI is InChI=1S/C30H41BrN2O3/c1-4-36-27(34)29(2,3)23-17-30(25-22(23)6-5-7-24(25)31)8-10-33(11-9-30)28(35)32-26-20-13-18-12-19(15-20)16-21(26)14-18/h5-7,18-21,23,26H,4,8-17H2,1-3H3,(H,32,35).